The molecule has 3 rings (SSSR count). The minimum atomic E-state index is 0.104. The van der Waals surface area contributed by atoms with Crippen LogP contribution < -0.4 is 5.32 Å². The second-order valence-electron chi connectivity index (χ2n) is 5.64. The maximum atomic E-state index is 12.1. The zero-order valence-corrected chi connectivity index (χ0v) is 10.9. The standard InChI is InChI=1S/C13H23N3O2/c17-13(14-11-4-8-18-10-11)16-7-3-12(9-16)15-5-1-2-6-15/h11-12H,1-10H2,(H,14,17). The van der Waals surface area contributed by atoms with Gasteiger partial charge in [0, 0.05) is 25.7 Å². The van der Waals surface area contributed by atoms with Crippen molar-refractivity contribution in [3.05, 3.63) is 0 Å². The summed E-state index contributed by atoms with van der Waals surface area (Å²) < 4.78 is 5.28. The van der Waals surface area contributed by atoms with Gasteiger partial charge < -0.3 is 15.0 Å². The monoisotopic (exact) mass is 253 g/mol. The molecule has 5 nitrogen and oxygen atoms in total. The molecule has 3 saturated heterocycles. The summed E-state index contributed by atoms with van der Waals surface area (Å²) in [6, 6.07) is 0.925. The van der Waals surface area contributed by atoms with Gasteiger partial charge >= 0.3 is 6.03 Å². The molecule has 0 aromatic heterocycles. The van der Waals surface area contributed by atoms with Crippen LogP contribution in [0, 0.1) is 0 Å². The lowest BCUT2D eigenvalue weighted by atomic mass is 10.2. The number of hydrogen-bond acceptors (Lipinski definition) is 3. The first kappa shape index (κ1) is 12.2. The highest BCUT2D eigenvalue weighted by atomic mass is 16.5. The van der Waals surface area contributed by atoms with Crippen molar-refractivity contribution >= 4 is 6.03 Å². The molecule has 0 spiro atoms. The van der Waals surface area contributed by atoms with E-state index in [1.807, 2.05) is 4.90 Å². The quantitative estimate of drug-likeness (QED) is 0.786. The van der Waals surface area contributed by atoms with Crippen molar-refractivity contribution in [1.29, 1.82) is 0 Å². The summed E-state index contributed by atoms with van der Waals surface area (Å²) >= 11 is 0. The highest BCUT2D eigenvalue weighted by molar-refractivity contribution is 5.75. The lowest BCUT2D eigenvalue weighted by molar-refractivity contribution is 0.179. The van der Waals surface area contributed by atoms with Crippen LogP contribution in [0.1, 0.15) is 25.7 Å². The van der Waals surface area contributed by atoms with Gasteiger partial charge in [-0.2, -0.15) is 0 Å². The van der Waals surface area contributed by atoms with Crippen LogP contribution in [-0.2, 0) is 4.74 Å². The first-order valence-corrected chi connectivity index (χ1v) is 7.20. The normalized spacial score (nSPS) is 33.2. The molecule has 2 atom stereocenters. The molecule has 5 heteroatoms. The fourth-order valence-corrected chi connectivity index (χ4v) is 3.25. The fourth-order valence-electron chi connectivity index (χ4n) is 3.25. The van der Waals surface area contributed by atoms with Crippen LogP contribution in [0.5, 0.6) is 0 Å². The van der Waals surface area contributed by atoms with Crippen molar-refractivity contribution in [1.82, 2.24) is 15.1 Å². The zero-order chi connectivity index (χ0) is 12.4. The predicted molar refractivity (Wildman–Crippen MR) is 68.5 cm³/mol. The van der Waals surface area contributed by atoms with Crippen molar-refractivity contribution in [2.24, 2.45) is 0 Å². The Kier molecular flexibility index (Phi) is 3.70. The molecule has 3 aliphatic rings. The van der Waals surface area contributed by atoms with Gasteiger partial charge in [0.05, 0.1) is 12.6 Å². The van der Waals surface area contributed by atoms with Crippen LogP contribution in [0.25, 0.3) is 0 Å². The van der Waals surface area contributed by atoms with Crippen molar-refractivity contribution in [2.45, 2.75) is 37.8 Å². The van der Waals surface area contributed by atoms with Gasteiger partial charge in [-0.15, -0.1) is 0 Å². The second-order valence-corrected chi connectivity index (χ2v) is 5.64. The van der Waals surface area contributed by atoms with Gasteiger partial charge in [-0.1, -0.05) is 0 Å². The van der Waals surface area contributed by atoms with Crippen LogP contribution in [0.4, 0.5) is 4.79 Å². The van der Waals surface area contributed by atoms with E-state index in [2.05, 4.69) is 10.2 Å². The molecule has 1 N–H and O–H groups in total. The Hall–Kier alpha value is -0.810. The highest BCUT2D eigenvalue weighted by Gasteiger charge is 2.32. The topological polar surface area (TPSA) is 44.8 Å². The molecule has 18 heavy (non-hydrogen) atoms. The Labute approximate surface area is 108 Å². The molecule has 2 unspecified atom stereocenters. The number of nitrogens with zero attached hydrogens (tertiary/aromatic N) is 2. The van der Waals surface area contributed by atoms with E-state index >= 15 is 0 Å². The minimum Gasteiger partial charge on any atom is -0.379 e. The van der Waals surface area contributed by atoms with Gasteiger partial charge in [-0.25, -0.2) is 4.79 Å². The average Bonchev–Trinajstić information content (AvgIpc) is 3.11. The third-order valence-corrected chi connectivity index (χ3v) is 4.36. The van der Waals surface area contributed by atoms with E-state index in [1.54, 1.807) is 0 Å². The minimum absolute atomic E-state index is 0.104. The first-order valence-electron chi connectivity index (χ1n) is 7.20. The number of likely N-dealkylation sites (tertiary alicyclic amines) is 2. The average molecular weight is 253 g/mol. The lowest BCUT2D eigenvalue weighted by Crippen LogP contribution is -2.45. The second kappa shape index (κ2) is 5.45. The van der Waals surface area contributed by atoms with Crippen LogP contribution >= 0.6 is 0 Å². The van der Waals surface area contributed by atoms with Gasteiger partial charge in [0.25, 0.3) is 0 Å². The Morgan fingerprint density at radius 2 is 2.00 bits per heavy atom. The van der Waals surface area contributed by atoms with Crippen molar-refractivity contribution in [3.8, 4) is 0 Å². The van der Waals surface area contributed by atoms with E-state index in [9.17, 15) is 4.79 Å². The predicted octanol–water partition coefficient (Wildman–Crippen LogP) is 0.655. The Bertz CT molecular complexity index is 299. The number of rotatable bonds is 2. The summed E-state index contributed by atoms with van der Waals surface area (Å²) in [5.74, 6) is 0. The largest absolute Gasteiger partial charge is 0.379 e. The lowest BCUT2D eigenvalue weighted by Gasteiger charge is -2.24. The molecule has 0 saturated carbocycles. The van der Waals surface area contributed by atoms with Crippen LogP contribution in [0.3, 0.4) is 0 Å². The van der Waals surface area contributed by atoms with Crippen molar-refractivity contribution in [2.75, 3.05) is 39.4 Å². The van der Waals surface area contributed by atoms with E-state index in [-0.39, 0.29) is 12.1 Å². The molecule has 0 radical (unpaired) electrons. The van der Waals surface area contributed by atoms with Gasteiger partial charge in [0.15, 0.2) is 0 Å². The SMILES string of the molecule is O=C(NC1CCOC1)N1CCC(N2CCCC2)C1. The third kappa shape index (κ3) is 2.62. The zero-order valence-electron chi connectivity index (χ0n) is 10.9. The fraction of sp³-hybridized carbons (Fsp3) is 0.923. The molecule has 0 bridgehead atoms. The van der Waals surface area contributed by atoms with Gasteiger partial charge in [0.1, 0.15) is 0 Å². The maximum absolute atomic E-state index is 12.1. The van der Waals surface area contributed by atoms with Gasteiger partial charge in [-0.3, -0.25) is 4.90 Å². The number of carbonyl (C=O) groups excluding carboxylic acids is 1. The molecule has 0 aliphatic carbocycles. The molecular weight excluding hydrogens is 230 g/mol. The Morgan fingerprint density at radius 1 is 1.17 bits per heavy atom. The van der Waals surface area contributed by atoms with Crippen LogP contribution in [-0.4, -0.2) is 67.3 Å². The molecule has 2 amide bonds. The summed E-state index contributed by atoms with van der Waals surface area (Å²) in [6.45, 7) is 5.70. The molecule has 3 aliphatic heterocycles. The Morgan fingerprint density at radius 3 is 2.72 bits per heavy atom. The van der Waals surface area contributed by atoms with Gasteiger partial charge in [-0.05, 0) is 38.8 Å². The number of urea groups is 1. The molecule has 3 heterocycles. The number of hydrogen-bond donors (Lipinski definition) is 1. The van der Waals surface area contributed by atoms with E-state index in [0.29, 0.717) is 12.6 Å². The van der Waals surface area contributed by atoms with E-state index in [4.69, 9.17) is 4.74 Å². The van der Waals surface area contributed by atoms with Gasteiger partial charge in [0.2, 0.25) is 0 Å². The number of carbonyl (C=O) groups is 1. The van der Waals surface area contributed by atoms with E-state index in [1.165, 1.54) is 25.9 Å². The van der Waals surface area contributed by atoms with Crippen molar-refractivity contribution in [3.63, 3.8) is 0 Å². The first-order chi connectivity index (χ1) is 8.83. The summed E-state index contributed by atoms with van der Waals surface area (Å²) in [6.07, 6.45) is 4.73. The smallest absolute Gasteiger partial charge is 0.317 e. The molecule has 0 aromatic carbocycles. The van der Waals surface area contributed by atoms with E-state index < -0.39 is 0 Å². The summed E-state index contributed by atoms with van der Waals surface area (Å²) in [5, 5.41) is 3.08. The molecule has 0 aromatic rings. The summed E-state index contributed by atoms with van der Waals surface area (Å²) in [7, 11) is 0. The van der Waals surface area contributed by atoms with Crippen LogP contribution in [0.2, 0.25) is 0 Å². The van der Waals surface area contributed by atoms with E-state index in [0.717, 1.165) is 32.5 Å². The van der Waals surface area contributed by atoms with Crippen LogP contribution in [0.15, 0.2) is 0 Å². The molecular formula is C13H23N3O2. The highest BCUT2D eigenvalue weighted by Crippen LogP contribution is 2.20. The maximum Gasteiger partial charge on any atom is 0.317 e. The number of nitrogens with one attached hydrogen (secondary N) is 1. The summed E-state index contributed by atoms with van der Waals surface area (Å²) in [4.78, 5) is 16.6. The summed E-state index contributed by atoms with van der Waals surface area (Å²) in [5.41, 5.74) is 0. The molecule has 3 fully saturated rings. The van der Waals surface area contributed by atoms with Crippen molar-refractivity contribution < 1.29 is 9.53 Å². The number of amides is 2. The molecule has 102 valence electrons. The third-order valence-electron chi connectivity index (χ3n) is 4.36. The Balaban J connectivity index is 1.46. The number of ether oxygens (including phenoxy) is 1.